The average Bonchev–Trinajstić information content (AvgIpc) is 3.13. The van der Waals surface area contributed by atoms with Crippen molar-refractivity contribution in [2.45, 2.75) is 37.8 Å². The highest BCUT2D eigenvalue weighted by Gasteiger charge is 2.26. The van der Waals surface area contributed by atoms with Crippen molar-refractivity contribution < 1.29 is 4.79 Å². The number of nitrogens with one attached hydrogen (secondary N) is 2. The fraction of sp³-hybridized carbons (Fsp3) is 0.500. The molecule has 1 heterocycles. The molecule has 3 heteroatoms. The summed E-state index contributed by atoms with van der Waals surface area (Å²) in [6, 6.07) is 8.90. The van der Waals surface area contributed by atoms with Gasteiger partial charge < -0.3 is 10.6 Å². The molecule has 0 radical (unpaired) electrons. The van der Waals surface area contributed by atoms with Crippen molar-refractivity contribution in [1.29, 1.82) is 0 Å². The van der Waals surface area contributed by atoms with Crippen LogP contribution in [0.1, 0.15) is 36.3 Å². The number of rotatable bonds is 3. The van der Waals surface area contributed by atoms with E-state index in [0.717, 1.165) is 25.9 Å². The molecule has 0 aromatic heterocycles. The molecule has 0 spiro atoms. The lowest BCUT2D eigenvalue weighted by Crippen LogP contribution is -2.33. The molecule has 17 heavy (non-hydrogen) atoms. The van der Waals surface area contributed by atoms with Crippen LogP contribution in [-0.2, 0) is 11.3 Å². The SMILES string of the molecule is O=C(CC1CNCc2ccccc21)NC1CC1. The Balaban J connectivity index is 1.69. The molecule has 1 fully saturated rings. The van der Waals surface area contributed by atoms with Crippen molar-refractivity contribution in [3.05, 3.63) is 35.4 Å². The molecule has 3 rings (SSSR count). The molecule has 1 unspecified atom stereocenters. The van der Waals surface area contributed by atoms with Gasteiger partial charge in [0.15, 0.2) is 0 Å². The van der Waals surface area contributed by atoms with Gasteiger partial charge in [-0.2, -0.15) is 0 Å². The average molecular weight is 230 g/mol. The summed E-state index contributed by atoms with van der Waals surface area (Å²) in [6.07, 6.45) is 2.93. The van der Waals surface area contributed by atoms with Crippen molar-refractivity contribution in [2.24, 2.45) is 0 Å². The highest BCUT2D eigenvalue weighted by Crippen LogP contribution is 2.27. The van der Waals surface area contributed by atoms with E-state index in [4.69, 9.17) is 0 Å². The van der Waals surface area contributed by atoms with Gasteiger partial charge in [-0.3, -0.25) is 4.79 Å². The van der Waals surface area contributed by atoms with Gasteiger partial charge in [0.05, 0.1) is 0 Å². The number of fused-ring (bicyclic) bond motifs is 1. The predicted molar refractivity (Wildman–Crippen MR) is 66.7 cm³/mol. The van der Waals surface area contributed by atoms with Gasteiger partial charge >= 0.3 is 0 Å². The maximum atomic E-state index is 11.8. The van der Waals surface area contributed by atoms with Crippen molar-refractivity contribution in [3.8, 4) is 0 Å². The minimum atomic E-state index is 0.205. The number of hydrogen-bond donors (Lipinski definition) is 2. The number of amides is 1. The Labute approximate surface area is 102 Å². The molecule has 90 valence electrons. The van der Waals surface area contributed by atoms with E-state index in [1.807, 2.05) is 0 Å². The van der Waals surface area contributed by atoms with Crippen molar-refractivity contribution >= 4 is 5.91 Å². The zero-order chi connectivity index (χ0) is 11.7. The summed E-state index contributed by atoms with van der Waals surface area (Å²) in [6.45, 7) is 1.84. The molecule has 1 aliphatic heterocycles. The second-order valence-corrected chi connectivity index (χ2v) is 5.07. The molecule has 2 N–H and O–H groups in total. The first-order chi connectivity index (χ1) is 8.33. The van der Waals surface area contributed by atoms with Crippen molar-refractivity contribution in [2.75, 3.05) is 6.54 Å². The number of benzene rings is 1. The number of carbonyl (C=O) groups excluding carboxylic acids is 1. The lowest BCUT2D eigenvalue weighted by molar-refractivity contribution is -0.121. The first-order valence-electron chi connectivity index (χ1n) is 6.41. The number of hydrogen-bond acceptors (Lipinski definition) is 2. The third-order valence-corrected chi connectivity index (χ3v) is 3.58. The van der Waals surface area contributed by atoms with Gasteiger partial charge in [0.1, 0.15) is 0 Å². The summed E-state index contributed by atoms with van der Waals surface area (Å²) in [5.74, 6) is 0.537. The van der Waals surface area contributed by atoms with Crippen LogP contribution in [0.2, 0.25) is 0 Å². The van der Waals surface area contributed by atoms with E-state index in [-0.39, 0.29) is 5.91 Å². The summed E-state index contributed by atoms with van der Waals surface area (Å²) < 4.78 is 0. The Kier molecular flexibility index (Phi) is 2.85. The van der Waals surface area contributed by atoms with Crippen LogP contribution in [0, 0.1) is 0 Å². The smallest absolute Gasteiger partial charge is 0.220 e. The lowest BCUT2D eigenvalue weighted by Gasteiger charge is -2.25. The molecule has 0 bridgehead atoms. The van der Waals surface area contributed by atoms with E-state index in [0.29, 0.717) is 18.4 Å². The fourth-order valence-corrected chi connectivity index (χ4v) is 2.50. The third kappa shape index (κ3) is 2.50. The van der Waals surface area contributed by atoms with Crippen LogP contribution in [0.15, 0.2) is 24.3 Å². The molecular weight excluding hydrogens is 212 g/mol. The van der Waals surface area contributed by atoms with Crippen LogP contribution in [0.5, 0.6) is 0 Å². The van der Waals surface area contributed by atoms with E-state index in [9.17, 15) is 4.79 Å². The Morgan fingerprint density at radius 2 is 2.18 bits per heavy atom. The standard InChI is InChI=1S/C14H18N2O/c17-14(16-12-5-6-12)7-11-9-15-8-10-3-1-2-4-13(10)11/h1-4,11-12,15H,5-9H2,(H,16,17). The van der Waals surface area contributed by atoms with Crippen LogP contribution in [0.4, 0.5) is 0 Å². The largest absolute Gasteiger partial charge is 0.353 e. The van der Waals surface area contributed by atoms with Crippen molar-refractivity contribution in [3.63, 3.8) is 0 Å². The first kappa shape index (κ1) is 10.8. The second kappa shape index (κ2) is 4.49. The highest BCUT2D eigenvalue weighted by molar-refractivity contribution is 5.77. The lowest BCUT2D eigenvalue weighted by atomic mass is 9.88. The van der Waals surface area contributed by atoms with E-state index in [2.05, 4.69) is 34.9 Å². The molecule has 1 amide bonds. The van der Waals surface area contributed by atoms with Crippen molar-refractivity contribution in [1.82, 2.24) is 10.6 Å². The Bertz CT molecular complexity index is 426. The Morgan fingerprint density at radius 3 is 3.00 bits per heavy atom. The van der Waals surface area contributed by atoms with Gasteiger partial charge in [-0.1, -0.05) is 24.3 Å². The predicted octanol–water partition coefficient (Wildman–Crippen LogP) is 1.54. The minimum Gasteiger partial charge on any atom is -0.353 e. The van der Waals surface area contributed by atoms with Gasteiger partial charge in [0, 0.05) is 31.5 Å². The fourth-order valence-electron chi connectivity index (χ4n) is 2.50. The molecule has 0 saturated heterocycles. The zero-order valence-corrected chi connectivity index (χ0v) is 9.91. The zero-order valence-electron chi connectivity index (χ0n) is 9.91. The van der Waals surface area contributed by atoms with Gasteiger partial charge in [-0.25, -0.2) is 0 Å². The van der Waals surface area contributed by atoms with Crippen LogP contribution < -0.4 is 10.6 Å². The monoisotopic (exact) mass is 230 g/mol. The summed E-state index contributed by atoms with van der Waals surface area (Å²) in [7, 11) is 0. The van der Waals surface area contributed by atoms with E-state index < -0.39 is 0 Å². The van der Waals surface area contributed by atoms with Crippen LogP contribution in [0.3, 0.4) is 0 Å². The van der Waals surface area contributed by atoms with Gasteiger partial charge in [0.2, 0.25) is 5.91 Å². The maximum absolute atomic E-state index is 11.8. The second-order valence-electron chi connectivity index (χ2n) is 5.07. The van der Waals surface area contributed by atoms with Gasteiger partial charge in [-0.05, 0) is 24.0 Å². The van der Waals surface area contributed by atoms with Crippen LogP contribution in [-0.4, -0.2) is 18.5 Å². The molecular formula is C14H18N2O. The molecule has 1 aliphatic carbocycles. The Hall–Kier alpha value is -1.35. The normalized spacial score (nSPS) is 22.9. The van der Waals surface area contributed by atoms with Crippen LogP contribution >= 0.6 is 0 Å². The minimum absolute atomic E-state index is 0.205. The van der Waals surface area contributed by atoms with Gasteiger partial charge in [0.25, 0.3) is 0 Å². The summed E-state index contributed by atoms with van der Waals surface area (Å²) in [5.41, 5.74) is 2.68. The van der Waals surface area contributed by atoms with Crippen LogP contribution in [0.25, 0.3) is 0 Å². The molecule has 2 aliphatic rings. The summed E-state index contributed by atoms with van der Waals surface area (Å²) in [4.78, 5) is 11.8. The van der Waals surface area contributed by atoms with E-state index >= 15 is 0 Å². The first-order valence-corrected chi connectivity index (χ1v) is 6.41. The topological polar surface area (TPSA) is 41.1 Å². The van der Waals surface area contributed by atoms with E-state index in [1.165, 1.54) is 11.1 Å². The molecule has 1 aromatic carbocycles. The van der Waals surface area contributed by atoms with Gasteiger partial charge in [-0.15, -0.1) is 0 Å². The molecule has 1 aromatic rings. The summed E-state index contributed by atoms with van der Waals surface area (Å²) >= 11 is 0. The molecule has 1 atom stereocenters. The maximum Gasteiger partial charge on any atom is 0.220 e. The molecule has 1 saturated carbocycles. The molecule has 3 nitrogen and oxygen atoms in total. The highest BCUT2D eigenvalue weighted by atomic mass is 16.1. The quantitative estimate of drug-likeness (QED) is 0.827. The summed E-state index contributed by atoms with van der Waals surface area (Å²) in [5, 5.41) is 6.45. The van der Waals surface area contributed by atoms with E-state index in [1.54, 1.807) is 0 Å². The number of carbonyl (C=O) groups is 1. The third-order valence-electron chi connectivity index (χ3n) is 3.58. The Morgan fingerprint density at radius 1 is 1.35 bits per heavy atom.